The fraction of sp³-hybridized carbons (Fsp3) is 0.300. The molecule has 0 aromatic carbocycles. The largest absolute Gasteiger partial charge is 0.358 e. The average Bonchev–Trinajstić information content (AvgIpc) is 2.96. The van der Waals surface area contributed by atoms with Gasteiger partial charge in [-0.15, -0.1) is 11.3 Å². The van der Waals surface area contributed by atoms with Gasteiger partial charge in [-0.3, -0.25) is 0 Å². The third-order valence-corrected chi connectivity index (χ3v) is 4.29. The average molecular weight is 314 g/mol. The van der Waals surface area contributed by atoms with Crippen LogP contribution in [-0.4, -0.2) is 32.7 Å². The van der Waals surface area contributed by atoms with Gasteiger partial charge in [-0.2, -0.15) is 8.42 Å². The molecule has 106 valence electrons. The summed E-state index contributed by atoms with van der Waals surface area (Å²) in [6.07, 6.45) is 2.59. The Bertz CT molecular complexity index is 795. The monoisotopic (exact) mass is 314 g/mol. The third-order valence-electron chi connectivity index (χ3n) is 2.52. The standard InChI is InChI=1S/C10H10N4O4S2/c1-3-13-7(14(15)16)5-11-9(13)8(20(17)18)10-12-4-6(2)19-10/h4-5H,3H2,1-2H3. The molecular formula is C10H10N4O4S2. The molecule has 0 aliphatic heterocycles. The molecule has 0 fully saturated rings. The number of nitro groups is 1. The molecule has 2 heterocycles. The minimum atomic E-state index is -2.60. The van der Waals surface area contributed by atoms with Crippen molar-refractivity contribution < 1.29 is 13.3 Å². The van der Waals surface area contributed by atoms with Crippen molar-refractivity contribution in [2.24, 2.45) is 0 Å². The van der Waals surface area contributed by atoms with E-state index in [1.54, 1.807) is 20.0 Å². The Morgan fingerprint density at radius 2 is 2.15 bits per heavy atom. The van der Waals surface area contributed by atoms with Gasteiger partial charge in [0.05, 0.1) is 6.54 Å². The second-order valence-corrected chi connectivity index (χ2v) is 5.89. The summed E-state index contributed by atoms with van der Waals surface area (Å²) < 4.78 is 24.2. The van der Waals surface area contributed by atoms with E-state index in [0.717, 1.165) is 11.1 Å². The molecule has 0 atom stereocenters. The highest BCUT2D eigenvalue weighted by Crippen LogP contribution is 2.20. The molecule has 0 saturated heterocycles. The maximum Gasteiger partial charge on any atom is 0.343 e. The van der Waals surface area contributed by atoms with Crippen molar-refractivity contribution in [3.8, 4) is 0 Å². The van der Waals surface area contributed by atoms with Gasteiger partial charge >= 0.3 is 5.82 Å². The van der Waals surface area contributed by atoms with Gasteiger partial charge in [-0.1, -0.05) is 0 Å². The summed E-state index contributed by atoms with van der Waals surface area (Å²) in [6.45, 7) is 3.70. The molecule has 0 bridgehead atoms. The van der Waals surface area contributed by atoms with Crippen LogP contribution in [0.1, 0.15) is 22.6 Å². The first-order valence-electron chi connectivity index (χ1n) is 5.55. The van der Waals surface area contributed by atoms with E-state index in [9.17, 15) is 18.5 Å². The Morgan fingerprint density at radius 3 is 2.60 bits per heavy atom. The van der Waals surface area contributed by atoms with Crippen LogP contribution in [-0.2, 0) is 16.8 Å². The highest BCUT2D eigenvalue weighted by molar-refractivity contribution is 7.74. The zero-order valence-electron chi connectivity index (χ0n) is 10.6. The number of imidazole rings is 1. The van der Waals surface area contributed by atoms with E-state index in [1.165, 1.54) is 15.9 Å². The summed E-state index contributed by atoms with van der Waals surface area (Å²) in [5, 5.41) is 11.2. The molecule has 0 aliphatic carbocycles. The fourth-order valence-electron chi connectivity index (χ4n) is 1.71. The molecule has 0 unspecified atom stereocenters. The van der Waals surface area contributed by atoms with Crippen LogP contribution in [0.2, 0.25) is 0 Å². The first-order valence-corrected chi connectivity index (χ1v) is 7.44. The lowest BCUT2D eigenvalue weighted by atomic mass is 10.4. The molecule has 8 nitrogen and oxygen atoms in total. The number of hydrogen-bond acceptors (Lipinski definition) is 7. The molecule has 2 rings (SSSR count). The number of rotatable bonds is 4. The summed E-state index contributed by atoms with van der Waals surface area (Å²) in [6, 6.07) is 0. The molecule has 2 aromatic heterocycles. The second-order valence-electron chi connectivity index (χ2n) is 3.78. The minimum Gasteiger partial charge on any atom is -0.358 e. The molecule has 2 aromatic rings. The summed E-state index contributed by atoms with van der Waals surface area (Å²) in [7, 11) is -2.60. The third kappa shape index (κ3) is 2.47. The minimum absolute atomic E-state index is 0.0295. The summed E-state index contributed by atoms with van der Waals surface area (Å²) >= 11 is 1.19. The molecule has 0 amide bonds. The van der Waals surface area contributed by atoms with E-state index in [4.69, 9.17) is 0 Å². The number of thiazole rings is 1. The van der Waals surface area contributed by atoms with E-state index < -0.39 is 15.2 Å². The van der Waals surface area contributed by atoms with Crippen LogP contribution in [0.4, 0.5) is 5.82 Å². The number of aryl methyl sites for hydroxylation is 1. The van der Waals surface area contributed by atoms with Gasteiger partial charge in [0.2, 0.25) is 16.1 Å². The van der Waals surface area contributed by atoms with Crippen LogP contribution in [0.25, 0.3) is 0 Å². The van der Waals surface area contributed by atoms with Crippen molar-refractivity contribution in [1.29, 1.82) is 0 Å². The highest BCUT2D eigenvalue weighted by atomic mass is 32.2. The van der Waals surface area contributed by atoms with Gasteiger partial charge < -0.3 is 10.1 Å². The predicted molar refractivity (Wildman–Crippen MR) is 73.5 cm³/mol. The van der Waals surface area contributed by atoms with E-state index in [1.807, 2.05) is 0 Å². The highest BCUT2D eigenvalue weighted by Gasteiger charge is 2.26. The SMILES string of the molecule is CCn1c([N+](=O)[O-])cnc1C(c1ncc(C)s1)=S(=O)=O. The lowest BCUT2D eigenvalue weighted by Gasteiger charge is -2.00. The van der Waals surface area contributed by atoms with E-state index >= 15 is 0 Å². The molecular weight excluding hydrogens is 304 g/mol. The molecule has 0 aliphatic rings. The van der Waals surface area contributed by atoms with Gasteiger partial charge in [0.1, 0.15) is 11.2 Å². The Labute approximate surface area is 119 Å². The molecule has 20 heavy (non-hydrogen) atoms. The van der Waals surface area contributed by atoms with Crippen molar-refractivity contribution in [2.75, 3.05) is 0 Å². The maximum absolute atomic E-state index is 11.5. The molecule has 0 spiro atoms. The summed E-state index contributed by atoms with van der Waals surface area (Å²) in [4.78, 5) is 18.9. The Balaban J connectivity index is 2.70. The number of nitrogens with zero attached hydrogens (tertiary/aromatic N) is 4. The van der Waals surface area contributed by atoms with E-state index in [0.29, 0.717) is 0 Å². The zero-order valence-corrected chi connectivity index (χ0v) is 12.2. The van der Waals surface area contributed by atoms with Crippen LogP contribution in [0.15, 0.2) is 12.4 Å². The van der Waals surface area contributed by atoms with Crippen molar-refractivity contribution in [3.05, 3.63) is 38.2 Å². The van der Waals surface area contributed by atoms with Crippen LogP contribution in [0, 0.1) is 17.0 Å². The van der Waals surface area contributed by atoms with E-state index in [-0.39, 0.29) is 28.1 Å². The molecule has 0 N–H and O–H groups in total. The van der Waals surface area contributed by atoms with Crippen molar-refractivity contribution >= 4 is 32.3 Å². The lowest BCUT2D eigenvalue weighted by molar-refractivity contribution is -0.392. The van der Waals surface area contributed by atoms with Gasteiger partial charge in [-0.05, 0) is 18.8 Å². The first-order chi connectivity index (χ1) is 9.45. The van der Waals surface area contributed by atoms with Crippen LogP contribution < -0.4 is 0 Å². The maximum atomic E-state index is 11.5. The van der Waals surface area contributed by atoms with Gasteiger partial charge in [0, 0.05) is 11.1 Å². The van der Waals surface area contributed by atoms with Crippen molar-refractivity contribution in [2.45, 2.75) is 20.4 Å². The quantitative estimate of drug-likeness (QED) is 0.361. The van der Waals surface area contributed by atoms with Crippen LogP contribution in [0.3, 0.4) is 0 Å². The second kappa shape index (κ2) is 5.51. The lowest BCUT2D eigenvalue weighted by Crippen LogP contribution is -2.14. The topological polar surface area (TPSA) is 108 Å². The van der Waals surface area contributed by atoms with Crippen molar-refractivity contribution in [1.82, 2.24) is 14.5 Å². The number of hydrogen-bond donors (Lipinski definition) is 0. The fourth-order valence-corrected chi connectivity index (χ4v) is 3.24. The van der Waals surface area contributed by atoms with Gasteiger partial charge in [0.25, 0.3) is 0 Å². The molecule has 10 heteroatoms. The summed E-state index contributed by atoms with van der Waals surface area (Å²) in [5.74, 6) is -0.222. The predicted octanol–water partition coefficient (Wildman–Crippen LogP) is 1.02. The van der Waals surface area contributed by atoms with Crippen LogP contribution >= 0.6 is 11.3 Å². The smallest absolute Gasteiger partial charge is 0.343 e. The van der Waals surface area contributed by atoms with Crippen molar-refractivity contribution in [3.63, 3.8) is 0 Å². The van der Waals surface area contributed by atoms with Gasteiger partial charge in [0.15, 0.2) is 4.86 Å². The first kappa shape index (κ1) is 14.3. The Kier molecular flexibility index (Phi) is 3.95. The Hall–Kier alpha value is -2.07. The number of aromatic nitrogens is 3. The Morgan fingerprint density at radius 1 is 1.45 bits per heavy atom. The zero-order chi connectivity index (χ0) is 14.9. The molecule has 0 radical (unpaired) electrons. The van der Waals surface area contributed by atoms with E-state index in [2.05, 4.69) is 9.97 Å². The van der Waals surface area contributed by atoms with Crippen LogP contribution in [0.5, 0.6) is 0 Å². The van der Waals surface area contributed by atoms with Gasteiger partial charge in [-0.25, -0.2) is 14.5 Å². The normalized spacial score (nSPS) is 10.5. The molecule has 0 saturated carbocycles. The summed E-state index contributed by atoms with van der Waals surface area (Å²) in [5.41, 5.74) is 0.